The van der Waals surface area contributed by atoms with E-state index in [4.69, 9.17) is 4.74 Å². The van der Waals surface area contributed by atoms with Crippen LogP contribution in [0, 0.1) is 16.0 Å². The molecule has 0 aromatic heterocycles. The summed E-state index contributed by atoms with van der Waals surface area (Å²) < 4.78 is 4.81. The van der Waals surface area contributed by atoms with Gasteiger partial charge in [-0.25, -0.2) is 4.99 Å². The summed E-state index contributed by atoms with van der Waals surface area (Å²) in [7, 11) is 1.42. The predicted octanol–water partition coefficient (Wildman–Crippen LogP) is 1.95. The normalized spacial score (nSPS) is 15.8. The van der Waals surface area contributed by atoms with Crippen molar-refractivity contribution in [1.29, 1.82) is 0 Å². The highest BCUT2D eigenvalue weighted by molar-refractivity contribution is 5.80. The van der Waals surface area contributed by atoms with Gasteiger partial charge in [0.05, 0.1) is 24.5 Å². The molecule has 1 aliphatic rings. The highest BCUT2D eigenvalue weighted by Gasteiger charge is 2.26. The van der Waals surface area contributed by atoms with Gasteiger partial charge in [-0.05, 0) is 25.3 Å². The van der Waals surface area contributed by atoms with Crippen molar-refractivity contribution in [2.24, 2.45) is 10.9 Å². The van der Waals surface area contributed by atoms with Crippen molar-refractivity contribution in [1.82, 2.24) is 10.2 Å². The van der Waals surface area contributed by atoms with Crippen LogP contribution in [0.3, 0.4) is 0 Å². The first-order chi connectivity index (χ1) is 12.0. The number of carbonyl (C=O) groups excluding carboxylic acids is 1. The second-order valence-corrected chi connectivity index (χ2v) is 5.88. The van der Waals surface area contributed by atoms with Crippen LogP contribution in [0.15, 0.2) is 29.3 Å². The molecular weight excluding hydrogens is 324 g/mol. The van der Waals surface area contributed by atoms with Gasteiger partial charge in [0.1, 0.15) is 0 Å². The maximum absolute atomic E-state index is 11.6. The number of nitrogens with zero attached hydrogens (tertiary/aromatic N) is 3. The lowest BCUT2D eigenvalue weighted by Crippen LogP contribution is -2.46. The first kappa shape index (κ1) is 18.7. The lowest BCUT2D eigenvalue weighted by Gasteiger charge is -2.33. The summed E-state index contributed by atoms with van der Waals surface area (Å²) in [5, 5.41) is 14.1. The van der Waals surface area contributed by atoms with Gasteiger partial charge in [0, 0.05) is 31.8 Å². The lowest BCUT2D eigenvalue weighted by atomic mass is 9.97. The Morgan fingerprint density at radius 1 is 1.44 bits per heavy atom. The first-order valence-corrected chi connectivity index (χ1v) is 8.39. The summed E-state index contributed by atoms with van der Waals surface area (Å²) in [4.78, 5) is 28.8. The van der Waals surface area contributed by atoms with Gasteiger partial charge >= 0.3 is 5.97 Å². The first-order valence-electron chi connectivity index (χ1n) is 8.39. The van der Waals surface area contributed by atoms with E-state index in [1.807, 2.05) is 13.0 Å². The molecule has 0 unspecified atom stereocenters. The third-order valence-electron chi connectivity index (χ3n) is 4.20. The molecule has 1 N–H and O–H groups in total. The van der Waals surface area contributed by atoms with Gasteiger partial charge in [-0.3, -0.25) is 14.9 Å². The van der Waals surface area contributed by atoms with Crippen LogP contribution in [0.5, 0.6) is 0 Å². The zero-order chi connectivity index (χ0) is 18.2. The van der Waals surface area contributed by atoms with Crippen LogP contribution in [0.1, 0.15) is 25.3 Å². The monoisotopic (exact) mass is 348 g/mol. The van der Waals surface area contributed by atoms with Crippen LogP contribution in [-0.4, -0.2) is 48.5 Å². The van der Waals surface area contributed by atoms with Gasteiger partial charge < -0.3 is 15.0 Å². The van der Waals surface area contributed by atoms with E-state index in [0.717, 1.165) is 44.0 Å². The Morgan fingerprint density at radius 2 is 2.16 bits per heavy atom. The highest BCUT2D eigenvalue weighted by atomic mass is 16.6. The largest absolute Gasteiger partial charge is 0.469 e. The number of esters is 1. The lowest BCUT2D eigenvalue weighted by molar-refractivity contribution is -0.384. The predicted molar refractivity (Wildman–Crippen MR) is 94.2 cm³/mol. The number of aliphatic imine (C=N–C) groups is 1. The van der Waals surface area contributed by atoms with Crippen molar-refractivity contribution < 1.29 is 14.5 Å². The molecule has 2 rings (SSSR count). The summed E-state index contributed by atoms with van der Waals surface area (Å²) in [6.07, 6.45) is 1.46. The van der Waals surface area contributed by atoms with Crippen molar-refractivity contribution >= 4 is 17.6 Å². The van der Waals surface area contributed by atoms with E-state index in [-0.39, 0.29) is 17.6 Å². The molecule has 0 amide bonds. The molecular formula is C17H24N4O4. The summed E-state index contributed by atoms with van der Waals surface area (Å²) in [6, 6.07) is 6.49. The SMILES string of the molecule is CCNC(=NCc1cccc([N+](=O)[O-])c1)N1CCC(C(=O)OC)CC1. The molecule has 0 spiro atoms. The van der Waals surface area contributed by atoms with Gasteiger partial charge in [0.15, 0.2) is 5.96 Å². The second kappa shape index (κ2) is 9.00. The zero-order valence-corrected chi connectivity index (χ0v) is 14.6. The van der Waals surface area contributed by atoms with Crippen LogP contribution in [0.2, 0.25) is 0 Å². The van der Waals surface area contributed by atoms with Gasteiger partial charge in [-0.2, -0.15) is 0 Å². The number of nitro groups is 1. The second-order valence-electron chi connectivity index (χ2n) is 5.88. The molecule has 0 saturated carbocycles. The molecule has 136 valence electrons. The molecule has 8 heteroatoms. The third-order valence-corrected chi connectivity index (χ3v) is 4.20. The Hall–Kier alpha value is -2.64. The Balaban J connectivity index is 2.03. The molecule has 0 radical (unpaired) electrons. The number of likely N-dealkylation sites (tertiary alicyclic amines) is 1. The average molecular weight is 348 g/mol. The highest BCUT2D eigenvalue weighted by Crippen LogP contribution is 2.19. The smallest absolute Gasteiger partial charge is 0.308 e. The summed E-state index contributed by atoms with van der Waals surface area (Å²) in [5.74, 6) is 0.552. The van der Waals surface area contributed by atoms with E-state index < -0.39 is 4.92 Å². The minimum atomic E-state index is -0.407. The molecule has 1 fully saturated rings. The van der Waals surface area contributed by atoms with Crippen LogP contribution in [0.25, 0.3) is 0 Å². The van der Waals surface area contributed by atoms with Crippen LogP contribution in [0.4, 0.5) is 5.69 Å². The summed E-state index contributed by atoms with van der Waals surface area (Å²) in [5.41, 5.74) is 0.852. The molecule has 25 heavy (non-hydrogen) atoms. The van der Waals surface area contributed by atoms with Gasteiger partial charge in [-0.15, -0.1) is 0 Å². The van der Waals surface area contributed by atoms with Gasteiger partial charge in [0.25, 0.3) is 5.69 Å². The van der Waals surface area contributed by atoms with Crippen LogP contribution in [-0.2, 0) is 16.1 Å². The summed E-state index contributed by atoms with van der Waals surface area (Å²) in [6.45, 7) is 4.52. The molecule has 0 aliphatic carbocycles. The number of guanidine groups is 1. The molecule has 0 bridgehead atoms. The van der Waals surface area contributed by atoms with Crippen molar-refractivity contribution in [3.05, 3.63) is 39.9 Å². The fourth-order valence-electron chi connectivity index (χ4n) is 2.85. The number of carbonyl (C=O) groups is 1. The van der Waals surface area contributed by atoms with Crippen LogP contribution < -0.4 is 5.32 Å². The number of hydrogen-bond acceptors (Lipinski definition) is 5. The van der Waals surface area contributed by atoms with Gasteiger partial charge in [-0.1, -0.05) is 12.1 Å². The standard InChI is InChI=1S/C17H24N4O4/c1-3-18-17(20-9-7-14(8-10-20)16(22)25-2)19-12-13-5-4-6-15(11-13)21(23)24/h4-6,11,14H,3,7-10,12H2,1-2H3,(H,18,19). The Morgan fingerprint density at radius 3 is 2.76 bits per heavy atom. The topological polar surface area (TPSA) is 97.1 Å². The molecule has 8 nitrogen and oxygen atoms in total. The zero-order valence-electron chi connectivity index (χ0n) is 14.6. The molecule has 1 heterocycles. The van der Waals surface area contributed by atoms with Crippen molar-refractivity contribution in [2.75, 3.05) is 26.7 Å². The average Bonchev–Trinajstić information content (AvgIpc) is 2.65. The number of methoxy groups -OCH3 is 1. The van der Waals surface area contributed by atoms with E-state index in [9.17, 15) is 14.9 Å². The molecule has 1 aliphatic heterocycles. The molecule has 0 atom stereocenters. The summed E-state index contributed by atoms with van der Waals surface area (Å²) >= 11 is 0. The fourth-order valence-corrected chi connectivity index (χ4v) is 2.85. The number of benzene rings is 1. The Bertz CT molecular complexity index is 639. The number of ether oxygens (including phenoxy) is 1. The number of nitrogens with one attached hydrogen (secondary N) is 1. The fraction of sp³-hybridized carbons (Fsp3) is 0.529. The van der Waals surface area contributed by atoms with Crippen LogP contribution >= 0.6 is 0 Å². The quantitative estimate of drug-likeness (QED) is 0.287. The number of hydrogen-bond donors (Lipinski definition) is 1. The number of rotatable bonds is 5. The van der Waals surface area contributed by atoms with Crippen molar-refractivity contribution in [3.63, 3.8) is 0 Å². The third kappa shape index (κ3) is 5.17. The van der Waals surface area contributed by atoms with Crippen molar-refractivity contribution in [2.45, 2.75) is 26.3 Å². The Labute approximate surface area is 147 Å². The Kier molecular flexibility index (Phi) is 6.73. The van der Waals surface area contributed by atoms with E-state index in [1.54, 1.807) is 6.07 Å². The number of nitro benzene ring substituents is 1. The van der Waals surface area contributed by atoms with E-state index >= 15 is 0 Å². The minimum absolute atomic E-state index is 0.0547. The van der Waals surface area contributed by atoms with Crippen molar-refractivity contribution in [3.8, 4) is 0 Å². The number of non-ortho nitro benzene ring substituents is 1. The van der Waals surface area contributed by atoms with E-state index in [0.29, 0.717) is 6.54 Å². The van der Waals surface area contributed by atoms with E-state index in [2.05, 4.69) is 15.2 Å². The van der Waals surface area contributed by atoms with E-state index in [1.165, 1.54) is 19.2 Å². The maximum Gasteiger partial charge on any atom is 0.308 e. The maximum atomic E-state index is 11.6. The molecule has 1 saturated heterocycles. The molecule has 1 aromatic carbocycles. The van der Waals surface area contributed by atoms with Gasteiger partial charge in [0.2, 0.25) is 0 Å². The minimum Gasteiger partial charge on any atom is -0.469 e. The number of piperidine rings is 1. The molecule has 1 aromatic rings.